The number of nitrogens with two attached hydrogens (primary N) is 1. The standard InChI is InChI=1S/C13H27NO5S/c14-6-4-2-1-3-5-7-20-13-12(18)11(17)10(16)9(8-15)19-13/h9-13,15-18H,1-8,14H2/t9-,10+,11+,12-,13+/m1/s1. The van der Waals surface area contributed by atoms with Gasteiger partial charge in [-0.25, -0.2) is 0 Å². The van der Waals surface area contributed by atoms with Crippen molar-refractivity contribution in [2.24, 2.45) is 5.73 Å². The Kier molecular flexibility index (Phi) is 9.03. The second-order valence-corrected chi connectivity index (χ2v) is 6.33. The van der Waals surface area contributed by atoms with E-state index in [4.69, 9.17) is 15.6 Å². The maximum atomic E-state index is 9.84. The van der Waals surface area contributed by atoms with Crippen LogP contribution in [0.3, 0.4) is 0 Å². The molecule has 6 nitrogen and oxygen atoms in total. The number of thioether (sulfide) groups is 1. The van der Waals surface area contributed by atoms with Gasteiger partial charge in [-0.2, -0.15) is 0 Å². The Hall–Kier alpha value is 0.110. The molecule has 0 radical (unpaired) electrons. The summed E-state index contributed by atoms with van der Waals surface area (Å²) >= 11 is 1.42. The molecular weight excluding hydrogens is 282 g/mol. The lowest BCUT2D eigenvalue weighted by Gasteiger charge is -2.39. The normalized spacial score (nSPS) is 34.4. The van der Waals surface area contributed by atoms with E-state index in [1.165, 1.54) is 11.8 Å². The van der Waals surface area contributed by atoms with Gasteiger partial charge in [0.05, 0.1) is 6.61 Å². The van der Waals surface area contributed by atoms with Gasteiger partial charge in [-0.1, -0.05) is 19.3 Å². The molecular formula is C13H27NO5S. The number of hydrogen-bond acceptors (Lipinski definition) is 7. The van der Waals surface area contributed by atoms with Crippen molar-refractivity contribution in [3.05, 3.63) is 0 Å². The highest BCUT2D eigenvalue weighted by Crippen LogP contribution is 2.29. The van der Waals surface area contributed by atoms with Crippen molar-refractivity contribution >= 4 is 11.8 Å². The van der Waals surface area contributed by atoms with Crippen molar-refractivity contribution in [2.45, 2.75) is 62.0 Å². The number of unbranched alkanes of at least 4 members (excludes halogenated alkanes) is 4. The molecule has 0 unspecified atom stereocenters. The van der Waals surface area contributed by atoms with Gasteiger partial charge < -0.3 is 30.9 Å². The third-order valence-electron chi connectivity index (χ3n) is 3.48. The Balaban J connectivity index is 2.21. The van der Waals surface area contributed by atoms with E-state index in [2.05, 4.69) is 0 Å². The SMILES string of the molecule is NCCCCCCCS[C@@H]1O[C@H](CO)[C@H](O)[C@H](O)[C@H]1O. The van der Waals surface area contributed by atoms with Crippen molar-refractivity contribution in [3.63, 3.8) is 0 Å². The summed E-state index contributed by atoms with van der Waals surface area (Å²) in [6, 6.07) is 0. The topological polar surface area (TPSA) is 116 Å². The van der Waals surface area contributed by atoms with E-state index < -0.39 is 29.9 Å². The molecule has 5 atom stereocenters. The smallest absolute Gasteiger partial charge is 0.132 e. The van der Waals surface area contributed by atoms with Crippen molar-refractivity contribution in [1.82, 2.24) is 0 Å². The molecule has 1 saturated heterocycles. The fourth-order valence-corrected chi connectivity index (χ4v) is 3.36. The molecule has 1 aliphatic rings. The average molecular weight is 309 g/mol. The zero-order valence-electron chi connectivity index (χ0n) is 11.7. The molecule has 0 saturated carbocycles. The van der Waals surface area contributed by atoms with Crippen molar-refractivity contribution in [2.75, 3.05) is 18.9 Å². The molecule has 7 heteroatoms. The highest BCUT2D eigenvalue weighted by Gasteiger charge is 2.43. The predicted octanol–water partition coefficient (Wildman–Crippen LogP) is -0.571. The van der Waals surface area contributed by atoms with Gasteiger partial charge in [-0.05, 0) is 25.1 Å². The molecule has 0 bridgehead atoms. The molecule has 0 aromatic heterocycles. The van der Waals surface area contributed by atoms with Gasteiger partial charge in [0.15, 0.2) is 0 Å². The summed E-state index contributed by atoms with van der Waals surface area (Å²) in [6.07, 6.45) is 0.957. The van der Waals surface area contributed by atoms with Crippen LogP contribution in [-0.4, -0.2) is 69.2 Å². The monoisotopic (exact) mass is 309 g/mol. The number of rotatable bonds is 9. The van der Waals surface area contributed by atoms with Crippen LogP contribution in [-0.2, 0) is 4.74 Å². The average Bonchev–Trinajstić information content (AvgIpc) is 2.46. The maximum absolute atomic E-state index is 9.84. The molecule has 1 aliphatic heterocycles. The lowest BCUT2D eigenvalue weighted by atomic mass is 10.0. The molecule has 1 rings (SSSR count). The zero-order chi connectivity index (χ0) is 15.0. The summed E-state index contributed by atoms with van der Waals surface area (Å²) in [5.74, 6) is 0.811. The van der Waals surface area contributed by atoms with E-state index in [-0.39, 0.29) is 6.61 Å². The number of aliphatic hydroxyl groups excluding tert-OH is 4. The summed E-state index contributed by atoms with van der Waals surface area (Å²) in [5, 5.41) is 38.2. The van der Waals surface area contributed by atoms with Crippen LogP contribution in [0.1, 0.15) is 32.1 Å². The van der Waals surface area contributed by atoms with E-state index in [0.717, 1.165) is 44.4 Å². The highest BCUT2D eigenvalue weighted by molar-refractivity contribution is 7.99. The van der Waals surface area contributed by atoms with Crippen LogP contribution in [0, 0.1) is 0 Å². The molecule has 1 fully saturated rings. The molecule has 0 aromatic rings. The summed E-state index contributed by atoms with van der Waals surface area (Å²) in [4.78, 5) is 0. The van der Waals surface area contributed by atoms with E-state index in [1.54, 1.807) is 0 Å². The largest absolute Gasteiger partial charge is 0.394 e. The summed E-state index contributed by atoms with van der Waals surface area (Å²) in [6.45, 7) is 0.362. The van der Waals surface area contributed by atoms with E-state index in [0.29, 0.717) is 0 Å². The molecule has 120 valence electrons. The van der Waals surface area contributed by atoms with Crippen LogP contribution in [0.2, 0.25) is 0 Å². The molecule has 0 aromatic carbocycles. The summed E-state index contributed by atoms with van der Waals surface area (Å²) in [7, 11) is 0. The molecule has 0 aliphatic carbocycles. The zero-order valence-corrected chi connectivity index (χ0v) is 12.5. The lowest BCUT2D eigenvalue weighted by Crippen LogP contribution is -2.57. The minimum atomic E-state index is -1.28. The van der Waals surface area contributed by atoms with Crippen LogP contribution in [0.15, 0.2) is 0 Å². The Morgan fingerprint density at radius 3 is 2.20 bits per heavy atom. The Labute approximate surface area is 124 Å². The minimum Gasteiger partial charge on any atom is -0.394 e. The number of hydrogen-bond donors (Lipinski definition) is 5. The summed E-state index contributed by atoms with van der Waals surface area (Å²) in [5.41, 5.74) is 4.82. The number of ether oxygens (including phenoxy) is 1. The van der Waals surface area contributed by atoms with Crippen molar-refractivity contribution in [1.29, 1.82) is 0 Å². The van der Waals surface area contributed by atoms with E-state index >= 15 is 0 Å². The minimum absolute atomic E-state index is 0.374. The van der Waals surface area contributed by atoms with Crippen LogP contribution < -0.4 is 5.73 Å². The van der Waals surface area contributed by atoms with Crippen molar-refractivity contribution < 1.29 is 25.2 Å². The van der Waals surface area contributed by atoms with Gasteiger partial charge in [0.2, 0.25) is 0 Å². The van der Waals surface area contributed by atoms with Gasteiger partial charge >= 0.3 is 0 Å². The highest BCUT2D eigenvalue weighted by atomic mass is 32.2. The van der Waals surface area contributed by atoms with E-state index in [1.807, 2.05) is 0 Å². The van der Waals surface area contributed by atoms with Gasteiger partial charge in [0, 0.05) is 0 Å². The first-order valence-corrected chi connectivity index (χ1v) is 8.29. The van der Waals surface area contributed by atoms with Crippen molar-refractivity contribution in [3.8, 4) is 0 Å². The molecule has 0 spiro atoms. The Morgan fingerprint density at radius 1 is 0.900 bits per heavy atom. The number of aliphatic hydroxyl groups is 4. The van der Waals surface area contributed by atoms with Gasteiger partial charge in [0.1, 0.15) is 29.9 Å². The third-order valence-corrected chi connectivity index (χ3v) is 4.72. The summed E-state index contributed by atoms with van der Waals surface area (Å²) < 4.78 is 5.41. The third kappa shape index (κ3) is 5.48. The second kappa shape index (κ2) is 9.94. The molecule has 1 heterocycles. The first-order valence-electron chi connectivity index (χ1n) is 7.24. The quantitative estimate of drug-likeness (QED) is 0.362. The van der Waals surface area contributed by atoms with Crippen LogP contribution in [0.5, 0.6) is 0 Å². The van der Waals surface area contributed by atoms with Gasteiger partial charge in [0.25, 0.3) is 0 Å². The van der Waals surface area contributed by atoms with Crippen LogP contribution in [0.25, 0.3) is 0 Å². The van der Waals surface area contributed by atoms with Crippen LogP contribution >= 0.6 is 11.8 Å². The lowest BCUT2D eigenvalue weighted by molar-refractivity contribution is -0.205. The van der Waals surface area contributed by atoms with Gasteiger partial charge in [-0.3, -0.25) is 0 Å². The molecule has 20 heavy (non-hydrogen) atoms. The first kappa shape index (κ1) is 18.2. The van der Waals surface area contributed by atoms with E-state index in [9.17, 15) is 15.3 Å². The first-order chi connectivity index (χ1) is 9.61. The van der Waals surface area contributed by atoms with Crippen LogP contribution in [0.4, 0.5) is 0 Å². The Bertz CT molecular complexity index is 257. The molecule has 6 N–H and O–H groups in total. The molecule has 0 amide bonds. The van der Waals surface area contributed by atoms with Gasteiger partial charge in [-0.15, -0.1) is 11.8 Å². The second-order valence-electron chi connectivity index (χ2n) is 5.12. The maximum Gasteiger partial charge on any atom is 0.132 e. The fraction of sp³-hybridized carbons (Fsp3) is 1.00. The fourth-order valence-electron chi connectivity index (χ4n) is 2.18. The predicted molar refractivity (Wildman–Crippen MR) is 78.4 cm³/mol. The Morgan fingerprint density at radius 2 is 1.55 bits per heavy atom.